The number of H-pyrrole nitrogens is 1. The second kappa shape index (κ2) is 5.85. The Morgan fingerprint density at radius 2 is 2.05 bits per heavy atom. The van der Waals surface area contributed by atoms with Gasteiger partial charge in [-0.05, 0) is 24.5 Å². The van der Waals surface area contributed by atoms with Crippen LogP contribution in [-0.2, 0) is 6.42 Å². The molecule has 0 bridgehead atoms. The van der Waals surface area contributed by atoms with Crippen LogP contribution in [0.15, 0.2) is 30.5 Å². The maximum absolute atomic E-state index is 6.23. The number of anilines is 1. The first-order chi connectivity index (χ1) is 9.74. The van der Waals surface area contributed by atoms with Gasteiger partial charge in [-0.15, -0.1) is 0 Å². The molecule has 0 radical (unpaired) electrons. The predicted octanol–water partition coefficient (Wildman–Crippen LogP) is 2.58. The first kappa shape index (κ1) is 13.5. The summed E-state index contributed by atoms with van der Waals surface area (Å²) >= 11 is 6.23. The van der Waals surface area contributed by atoms with E-state index in [1.165, 1.54) is 5.69 Å². The molecule has 0 spiro atoms. The Kier molecular flexibility index (Phi) is 3.94. The summed E-state index contributed by atoms with van der Waals surface area (Å²) in [5, 5.41) is 8.11. The minimum Gasteiger partial charge on any atom is -0.369 e. The molecule has 5 heteroatoms. The molecule has 1 aromatic carbocycles. The molecule has 2 heterocycles. The average molecular weight is 291 g/mol. The third-order valence-corrected chi connectivity index (χ3v) is 4.27. The minimum atomic E-state index is 0.338. The Bertz CT molecular complexity index is 573. The van der Waals surface area contributed by atoms with Gasteiger partial charge < -0.3 is 10.6 Å². The zero-order valence-corrected chi connectivity index (χ0v) is 12.1. The van der Waals surface area contributed by atoms with Gasteiger partial charge >= 0.3 is 0 Å². The van der Waals surface area contributed by atoms with Gasteiger partial charge in [-0.25, -0.2) is 0 Å². The number of halogens is 1. The SMILES string of the molecule is NC1CCN(c2cn[nH]c2Cc2ccccc2Cl)CC1. The molecule has 1 saturated heterocycles. The topological polar surface area (TPSA) is 57.9 Å². The molecule has 4 nitrogen and oxygen atoms in total. The van der Waals surface area contributed by atoms with Gasteiger partial charge in [0, 0.05) is 30.6 Å². The lowest BCUT2D eigenvalue weighted by Gasteiger charge is -2.31. The zero-order chi connectivity index (χ0) is 13.9. The third kappa shape index (κ3) is 2.81. The molecule has 0 unspecified atom stereocenters. The summed E-state index contributed by atoms with van der Waals surface area (Å²) in [6, 6.07) is 8.28. The van der Waals surface area contributed by atoms with Crippen LogP contribution in [0.2, 0.25) is 5.02 Å². The summed E-state index contributed by atoms with van der Waals surface area (Å²) < 4.78 is 0. The van der Waals surface area contributed by atoms with Crippen molar-refractivity contribution in [2.45, 2.75) is 25.3 Å². The summed E-state index contributed by atoms with van der Waals surface area (Å²) in [5.41, 5.74) is 9.38. The van der Waals surface area contributed by atoms with Crippen LogP contribution in [0.5, 0.6) is 0 Å². The summed E-state index contributed by atoms with van der Waals surface area (Å²) in [6.07, 6.45) is 4.76. The van der Waals surface area contributed by atoms with Crippen molar-refractivity contribution in [1.29, 1.82) is 0 Å². The lowest BCUT2D eigenvalue weighted by molar-refractivity contribution is 0.500. The minimum absolute atomic E-state index is 0.338. The number of benzene rings is 1. The molecular weight excluding hydrogens is 272 g/mol. The molecule has 20 heavy (non-hydrogen) atoms. The van der Waals surface area contributed by atoms with Crippen molar-refractivity contribution in [2.24, 2.45) is 5.73 Å². The van der Waals surface area contributed by atoms with E-state index in [1.807, 2.05) is 24.4 Å². The second-order valence-corrected chi connectivity index (χ2v) is 5.73. The Balaban J connectivity index is 1.79. The van der Waals surface area contributed by atoms with Crippen molar-refractivity contribution in [1.82, 2.24) is 10.2 Å². The van der Waals surface area contributed by atoms with Crippen LogP contribution in [0.1, 0.15) is 24.1 Å². The first-order valence-corrected chi connectivity index (χ1v) is 7.38. The fraction of sp³-hybridized carbons (Fsp3) is 0.400. The number of nitrogens with zero attached hydrogens (tertiary/aromatic N) is 2. The largest absolute Gasteiger partial charge is 0.369 e. The smallest absolute Gasteiger partial charge is 0.0785 e. The zero-order valence-electron chi connectivity index (χ0n) is 11.3. The van der Waals surface area contributed by atoms with E-state index in [1.54, 1.807) is 0 Å². The molecule has 0 atom stereocenters. The van der Waals surface area contributed by atoms with Crippen molar-refractivity contribution in [2.75, 3.05) is 18.0 Å². The molecule has 3 N–H and O–H groups in total. The molecule has 1 aromatic heterocycles. The van der Waals surface area contributed by atoms with E-state index < -0.39 is 0 Å². The summed E-state index contributed by atoms with van der Waals surface area (Å²) in [4.78, 5) is 2.36. The van der Waals surface area contributed by atoms with E-state index >= 15 is 0 Å². The number of hydrogen-bond acceptors (Lipinski definition) is 3. The molecule has 1 aliphatic heterocycles. The van der Waals surface area contributed by atoms with Gasteiger partial charge in [0.05, 0.1) is 17.6 Å². The molecular formula is C15H19ClN4. The van der Waals surface area contributed by atoms with Crippen molar-refractivity contribution in [3.8, 4) is 0 Å². The molecule has 106 valence electrons. The number of hydrogen-bond donors (Lipinski definition) is 2. The van der Waals surface area contributed by atoms with E-state index in [2.05, 4.69) is 21.2 Å². The van der Waals surface area contributed by atoms with Crippen molar-refractivity contribution in [3.05, 3.63) is 46.7 Å². The van der Waals surface area contributed by atoms with E-state index in [0.717, 1.165) is 48.6 Å². The predicted molar refractivity (Wildman–Crippen MR) is 82.3 cm³/mol. The normalized spacial score (nSPS) is 16.6. The van der Waals surface area contributed by atoms with Gasteiger partial charge in [0.15, 0.2) is 0 Å². The van der Waals surface area contributed by atoms with Gasteiger partial charge in [-0.1, -0.05) is 29.8 Å². The fourth-order valence-electron chi connectivity index (χ4n) is 2.68. The molecule has 2 aromatic rings. The standard InChI is InChI=1S/C15H19ClN4/c16-13-4-2-1-3-11(13)9-14-15(10-18-19-14)20-7-5-12(17)6-8-20/h1-4,10,12H,5-9,17H2,(H,18,19). The van der Waals surface area contributed by atoms with Gasteiger partial charge in [0.25, 0.3) is 0 Å². The molecule has 0 saturated carbocycles. The van der Waals surface area contributed by atoms with Crippen LogP contribution in [0.3, 0.4) is 0 Å². The van der Waals surface area contributed by atoms with E-state index in [-0.39, 0.29) is 0 Å². The molecule has 1 fully saturated rings. The number of nitrogens with two attached hydrogens (primary N) is 1. The van der Waals surface area contributed by atoms with Crippen molar-refractivity contribution >= 4 is 17.3 Å². The molecule has 0 amide bonds. The van der Waals surface area contributed by atoms with Crippen LogP contribution in [-0.4, -0.2) is 29.3 Å². The van der Waals surface area contributed by atoms with Crippen LogP contribution in [0.4, 0.5) is 5.69 Å². The fourth-order valence-corrected chi connectivity index (χ4v) is 2.88. The summed E-state index contributed by atoms with van der Waals surface area (Å²) in [5.74, 6) is 0. The van der Waals surface area contributed by atoms with Gasteiger partial charge in [-0.2, -0.15) is 5.10 Å². The summed E-state index contributed by atoms with van der Waals surface area (Å²) in [7, 11) is 0. The van der Waals surface area contributed by atoms with E-state index in [0.29, 0.717) is 6.04 Å². The first-order valence-electron chi connectivity index (χ1n) is 7.00. The number of rotatable bonds is 3. The molecule has 3 rings (SSSR count). The lowest BCUT2D eigenvalue weighted by Crippen LogP contribution is -2.39. The van der Waals surface area contributed by atoms with Gasteiger partial charge in [-0.3, -0.25) is 5.10 Å². The van der Waals surface area contributed by atoms with Crippen LogP contribution < -0.4 is 10.6 Å². The Morgan fingerprint density at radius 3 is 2.80 bits per heavy atom. The molecule has 0 aliphatic carbocycles. The van der Waals surface area contributed by atoms with Crippen molar-refractivity contribution in [3.63, 3.8) is 0 Å². The van der Waals surface area contributed by atoms with Crippen LogP contribution in [0, 0.1) is 0 Å². The average Bonchev–Trinajstić information content (AvgIpc) is 2.90. The van der Waals surface area contributed by atoms with E-state index in [9.17, 15) is 0 Å². The number of piperidine rings is 1. The maximum atomic E-state index is 6.23. The van der Waals surface area contributed by atoms with Crippen LogP contribution in [0.25, 0.3) is 0 Å². The lowest BCUT2D eigenvalue weighted by atomic mass is 10.0. The highest BCUT2D eigenvalue weighted by atomic mass is 35.5. The second-order valence-electron chi connectivity index (χ2n) is 5.33. The van der Waals surface area contributed by atoms with Crippen LogP contribution >= 0.6 is 11.6 Å². The quantitative estimate of drug-likeness (QED) is 0.913. The highest BCUT2D eigenvalue weighted by Gasteiger charge is 2.20. The number of aromatic nitrogens is 2. The monoisotopic (exact) mass is 290 g/mol. The third-order valence-electron chi connectivity index (χ3n) is 3.90. The van der Waals surface area contributed by atoms with Crippen molar-refractivity contribution < 1.29 is 0 Å². The molecule has 1 aliphatic rings. The Labute approximate surface area is 123 Å². The highest BCUT2D eigenvalue weighted by Crippen LogP contribution is 2.26. The van der Waals surface area contributed by atoms with Gasteiger partial charge in [0.1, 0.15) is 0 Å². The highest BCUT2D eigenvalue weighted by molar-refractivity contribution is 6.31. The maximum Gasteiger partial charge on any atom is 0.0785 e. The Hall–Kier alpha value is -1.52. The number of aromatic amines is 1. The van der Waals surface area contributed by atoms with E-state index in [4.69, 9.17) is 17.3 Å². The van der Waals surface area contributed by atoms with Gasteiger partial charge in [0.2, 0.25) is 0 Å². The number of nitrogens with one attached hydrogen (secondary N) is 1. The summed E-state index contributed by atoms with van der Waals surface area (Å²) in [6.45, 7) is 1.99. The Morgan fingerprint density at radius 1 is 1.30 bits per heavy atom.